The Balaban J connectivity index is 1.82. The van der Waals surface area contributed by atoms with Crippen molar-refractivity contribution in [3.05, 3.63) is 51.2 Å². The summed E-state index contributed by atoms with van der Waals surface area (Å²) in [6.07, 6.45) is -0.908. The first kappa shape index (κ1) is 25.9. The van der Waals surface area contributed by atoms with Gasteiger partial charge in [-0.2, -0.15) is 0 Å². The SMILES string of the molecule is CC(C)COC(=O)OCC1=C(C(=O)OC(=O)c2ccc([N+](=O)[O-])cc2)N2C(=O)[C@H](C(C)C)[C@H]2[C@H]1C. The fourth-order valence-electron chi connectivity index (χ4n) is 4.33. The average molecular weight is 488 g/mol. The number of nitrogens with zero attached hydrogens (tertiary/aromatic N) is 2. The normalized spacial score (nSPS) is 21.1. The number of hydrogen-bond acceptors (Lipinski definition) is 9. The van der Waals surface area contributed by atoms with Gasteiger partial charge in [-0.15, -0.1) is 0 Å². The number of fused-ring (bicyclic) bond motifs is 1. The third-order valence-corrected chi connectivity index (χ3v) is 6.09. The van der Waals surface area contributed by atoms with E-state index in [1.165, 1.54) is 17.0 Å². The number of carbonyl (C=O) groups excluding carboxylic acids is 4. The predicted molar refractivity (Wildman–Crippen MR) is 121 cm³/mol. The zero-order valence-corrected chi connectivity index (χ0v) is 20.2. The second-order valence-electron chi connectivity index (χ2n) is 9.36. The van der Waals surface area contributed by atoms with E-state index >= 15 is 0 Å². The highest BCUT2D eigenvalue weighted by Crippen LogP contribution is 2.48. The van der Waals surface area contributed by atoms with Gasteiger partial charge in [-0.05, 0) is 24.0 Å². The quantitative estimate of drug-likeness (QED) is 0.177. The van der Waals surface area contributed by atoms with Crippen molar-refractivity contribution < 1.29 is 38.3 Å². The van der Waals surface area contributed by atoms with Gasteiger partial charge in [0.2, 0.25) is 5.91 Å². The summed E-state index contributed by atoms with van der Waals surface area (Å²) in [5, 5.41) is 10.8. The molecule has 0 spiro atoms. The average Bonchev–Trinajstić information content (AvgIpc) is 3.03. The van der Waals surface area contributed by atoms with Crippen LogP contribution in [-0.4, -0.2) is 53.1 Å². The summed E-state index contributed by atoms with van der Waals surface area (Å²) in [5.74, 6) is -2.90. The van der Waals surface area contributed by atoms with Gasteiger partial charge in [-0.25, -0.2) is 14.4 Å². The highest BCUT2D eigenvalue weighted by Gasteiger charge is 2.59. The number of carbonyl (C=O) groups is 4. The standard InChI is InChI=1S/C24H28N2O9/c1-12(2)10-33-24(30)34-11-17-14(5)19-18(13(3)4)21(27)25(19)20(17)23(29)35-22(28)15-6-8-16(9-7-15)26(31)32/h6-9,12-14,18-19H,10-11H2,1-5H3/t14-,18+,19+/m0/s1. The van der Waals surface area contributed by atoms with Crippen LogP contribution in [0, 0.1) is 33.8 Å². The number of non-ortho nitro benzene ring substituents is 1. The van der Waals surface area contributed by atoms with Crippen LogP contribution >= 0.6 is 0 Å². The predicted octanol–water partition coefficient (Wildman–Crippen LogP) is 3.47. The maximum Gasteiger partial charge on any atom is 0.508 e. The van der Waals surface area contributed by atoms with Crippen LogP contribution < -0.4 is 0 Å². The maximum atomic E-state index is 13.1. The molecule has 2 heterocycles. The monoisotopic (exact) mass is 488 g/mol. The first-order valence-electron chi connectivity index (χ1n) is 11.3. The molecule has 11 nitrogen and oxygen atoms in total. The number of β-lactam (4-membered cyclic amide) rings is 1. The maximum absolute atomic E-state index is 13.1. The summed E-state index contributed by atoms with van der Waals surface area (Å²) in [6, 6.07) is 4.23. The van der Waals surface area contributed by atoms with E-state index in [0.717, 1.165) is 12.1 Å². The van der Waals surface area contributed by atoms with E-state index in [9.17, 15) is 29.3 Å². The van der Waals surface area contributed by atoms with Crippen LogP contribution in [-0.2, 0) is 23.8 Å². The molecular weight excluding hydrogens is 460 g/mol. The Kier molecular flexibility index (Phi) is 7.57. The molecule has 0 aliphatic carbocycles. The Morgan fingerprint density at radius 3 is 2.23 bits per heavy atom. The number of benzene rings is 1. The van der Waals surface area contributed by atoms with Crippen molar-refractivity contribution in [2.24, 2.45) is 23.7 Å². The third kappa shape index (κ3) is 5.18. The van der Waals surface area contributed by atoms with Gasteiger partial charge in [-0.1, -0.05) is 34.6 Å². The van der Waals surface area contributed by atoms with Crippen LogP contribution in [0.5, 0.6) is 0 Å². The molecule has 3 rings (SSSR count). The molecule has 2 aliphatic heterocycles. The molecule has 188 valence electrons. The molecule has 0 aromatic heterocycles. The summed E-state index contributed by atoms with van der Waals surface area (Å²) >= 11 is 0. The van der Waals surface area contributed by atoms with Crippen molar-refractivity contribution in [3.8, 4) is 0 Å². The summed E-state index contributed by atoms with van der Waals surface area (Å²) in [4.78, 5) is 61.9. The molecule has 0 N–H and O–H groups in total. The van der Waals surface area contributed by atoms with E-state index in [1.54, 1.807) is 0 Å². The van der Waals surface area contributed by atoms with Crippen LogP contribution in [0.3, 0.4) is 0 Å². The minimum Gasteiger partial charge on any atom is -0.434 e. The number of hydrogen-bond donors (Lipinski definition) is 0. The summed E-state index contributed by atoms with van der Waals surface area (Å²) in [5.41, 5.74) is -0.0687. The van der Waals surface area contributed by atoms with Crippen LogP contribution in [0.25, 0.3) is 0 Å². The molecule has 0 radical (unpaired) electrons. The molecule has 3 atom stereocenters. The van der Waals surface area contributed by atoms with Crippen LogP contribution in [0.15, 0.2) is 35.5 Å². The number of nitro groups is 1. The van der Waals surface area contributed by atoms with Crippen molar-refractivity contribution in [3.63, 3.8) is 0 Å². The minimum absolute atomic E-state index is 0.0153. The largest absolute Gasteiger partial charge is 0.508 e. The lowest BCUT2D eigenvalue weighted by Crippen LogP contribution is -2.62. The minimum atomic E-state index is -1.06. The number of esters is 2. The first-order chi connectivity index (χ1) is 16.4. The second kappa shape index (κ2) is 10.2. The Hall–Kier alpha value is -3.76. The number of nitro benzene ring substituents is 1. The van der Waals surface area contributed by atoms with E-state index in [1.807, 2.05) is 34.6 Å². The fourth-order valence-corrected chi connectivity index (χ4v) is 4.33. The second-order valence-corrected chi connectivity index (χ2v) is 9.36. The van der Waals surface area contributed by atoms with Gasteiger partial charge in [0.1, 0.15) is 12.3 Å². The summed E-state index contributed by atoms with van der Waals surface area (Å²) in [6.45, 7) is 9.21. The number of amides is 1. The Morgan fingerprint density at radius 1 is 1.06 bits per heavy atom. The Morgan fingerprint density at radius 2 is 1.69 bits per heavy atom. The molecule has 35 heavy (non-hydrogen) atoms. The summed E-state index contributed by atoms with van der Waals surface area (Å²) in [7, 11) is 0. The molecular formula is C24H28N2O9. The molecule has 1 amide bonds. The number of rotatable bonds is 8. The van der Waals surface area contributed by atoms with Crippen LogP contribution in [0.4, 0.5) is 10.5 Å². The molecule has 1 aromatic rings. The molecule has 2 aliphatic rings. The van der Waals surface area contributed by atoms with Gasteiger partial charge >= 0.3 is 18.1 Å². The van der Waals surface area contributed by atoms with E-state index < -0.39 is 23.0 Å². The van der Waals surface area contributed by atoms with Gasteiger partial charge in [0.25, 0.3) is 5.69 Å². The van der Waals surface area contributed by atoms with Crippen molar-refractivity contribution in [1.29, 1.82) is 0 Å². The molecule has 1 fully saturated rings. The van der Waals surface area contributed by atoms with Gasteiger partial charge in [0.15, 0.2) is 0 Å². The fraction of sp³-hybridized carbons (Fsp3) is 0.500. The molecule has 0 saturated carbocycles. The molecule has 0 bridgehead atoms. The number of ether oxygens (including phenoxy) is 3. The van der Waals surface area contributed by atoms with Gasteiger partial charge < -0.3 is 19.1 Å². The van der Waals surface area contributed by atoms with Crippen molar-refractivity contribution in [2.45, 2.75) is 40.7 Å². The van der Waals surface area contributed by atoms with E-state index in [4.69, 9.17) is 14.2 Å². The lowest BCUT2D eigenvalue weighted by atomic mass is 9.74. The lowest BCUT2D eigenvalue weighted by molar-refractivity contribution is -0.384. The lowest BCUT2D eigenvalue weighted by Gasteiger charge is -2.47. The highest BCUT2D eigenvalue weighted by molar-refractivity contribution is 6.06. The zero-order chi connectivity index (χ0) is 26.0. The van der Waals surface area contributed by atoms with E-state index in [2.05, 4.69) is 0 Å². The molecule has 11 heteroatoms. The van der Waals surface area contributed by atoms with Crippen molar-refractivity contribution in [1.82, 2.24) is 4.90 Å². The topological polar surface area (TPSA) is 142 Å². The smallest absolute Gasteiger partial charge is 0.434 e. The third-order valence-electron chi connectivity index (χ3n) is 6.09. The van der Waals surface area contributed by atoms with Gasteiger partial charge in [0.05, 0.1) is 29.1 Å². The van der Waals surface area contributed by atoms with Crippen molar-refractivity contribution >= 4 is 29.7 Å². The summed E-state index contributed by atoms with van der Waals surface area (Å²) < 4.78 is 15.2. The zero-order valence-electron chi connectivity index (χ0n) is 20.2. The molecule has 0 unspecified atom stereocenters. The van der Waals surface area contributed by atoms with Crippen LogP contribution in [0.2, 0.25) is 0 Å². The van der Waals surface area contributed by atoms with Crippen molar-refractivity contribution in [2.75, 3.05) is 13.2 Å². The Labute approximate surface area is 202 Å². The van der Waals surface area contributed by atoms with E-state index in [0.29, 0.717) is 5.57 Å². The molecule has 1 aromatic carbocycles. The first-order valence-corrected chi connectivity index (χ1v) is 11.3. The van der Waals surface area contributed by atoms with Crippen LogP contribution in [0.1, 0.15) is 45.0 Å². The van der Waals surface area contributed by atoms with Gasteiger partial charge in [0, 0.05) is 23.6 Å². The van der Waals surface area contributed by atoms with Gasteiger partial charge in [-0.3, -0.25) is 14.9 Å². The Bertz CT molecular complexity index is 1070. The molecule has 1 saturated heterocycles. The highest BCUT2D eigenvalue weighted by atomic mass is 16.7. The van der Waals surface area contributed by atoms with E-state index in [-0.39, 0.29) is 65.8 Å².